The second-order valence-corrected chi connectivity index (χ2v) is 10.3. The molecule has 2 saturated heterocycles. The van der Waals surface area contributed by atoms with E-state index in [1.807, 2.05) is 4.90 Å². The molecular formula is C24H28F3N7O3. The van der Waals surface area contributed by atoms with Crippen LogP contribution in [0, 0.1) is 0 Å². The number of carbonyl (C=O) groups is 1. The van der Waals surface area contributed by atoms with E-state index in [0.29, 0.717) is 48.8 Å². The van der Waals surface area contributed by atoms with Crippen molar-refractivity contribution in [3.05, 3.63) is 30.5 Å². The summed E-state index contributed by atoms with van der Waals surface area (Å²) in [6.07, 6.45) is -3.54. The van der Waals surface area contributed by atoms with Gasteiger partial charge in [0.05, 0.1) is 36.9 Å². The summed E-state index contributed by atoms with van der Waals surface area (Å²) in [5, 5.41) is 4.39. The van der Waals surface area contributed by atoms with Crippen molar-refractivity contribution < 1.29 is 27.4 Å². The normalized spacial score (nSPS) is 20.4. The fourth-order valence-electron chi connectivity index (χ4n) is 4.67. The van der Waals surface area contributed by atoms with E-state index in [0.717, 1.165) is 4.68 Å². The molecule has 10 nitrogen and oxygen atoms in total. The van der Waals surface area contributed by atoms with Gasteiger partial charge in [-0.2, -0.15) is 18.3 Å². The number of rotatable bonds is 3. The summed E-state index contributed by atoms with van der Waals surface area (Å²) in [4.78, 5) is 25.7. The van der Waals surface area contributed by atoms with Crippen molar-refractivity contribution in [3.8, 4) is 11.4 Å². The van der Waals surface area contributed by atoms with Crippen LogP contribution in [-0.4, -0.2) is 80.9 Å². The molecule has 2 fully saturated rings. The lowest BCUT2D eigenvalue weighted by atomic mass is 10.0. The Kier molecular flexibility index (Phi) is 6.13. The summed E-state index contributed by atoms with van der Waals surface area (Å²) in [5.74, 6) is 0.701. The van der Waals surface area contributed by atoms with Crippen LogP contribution in [0.4, 0.5) is 29.5 Å². The number of fused-ring (bicyclic) bond motifs is 3. The van der Waals surface area contributed by atoms with Crippen LogP contribution in [0.1, 0.15) is 20.8 Å². The van der Waals surface area contributed by atoms with Crippen molar-refractivity contribution in [2.24, 2.45) is 0 Å². The van der Waals surface area contributed by atoms with Crippen LogP contribution < -0.4 is 10.6 Å². The summed E-state index contributed by atoms with van der Waals surface area (Å²) < 4.78 is 52.1. The number of morpholine rings is 1. The van der Waals surface area contributed by atoms with Crippen LogP contribution in [-0.2, 0) is 16.0 Å². The summed E-state index contributed by atoms with van der Waals surface area (Å²) in [6, 6.07) is 6.21. The largest absolute Gasteiger partial charge is 0.444 e. The number of piperazine rings is 1. The van der Waals surface area contributed by atoms with Gasteiger partial charge in [0, 0.05) is 24.3 Å². The number of hydrogen-bond acceptors (Lipinski definition) is 8. The number of amides is 1. The van der Waals surface area contributed by atoms with E-state index >= 15 is 0 Å². The summed E-state index contributed by atoms with van der Waals surface area (Å²) in [6.45, 7) is 5.39. The molecule has 2 aromatic heterocycles. The van der Waals surface area contributed by atoms with Crippen LogP contribution in [0.15, 0.2) is 30.5 Å². The summed E-state index contributed by atoms with van der Waals surface area (Å²) in [7, 11) is 0. The number of carbonyl (C=O) groups excluding carboxylic acids is 1. The van der Waals surface area contributed by atoms with Crippen LogP contribution in [0.3, 0.4) is 0 Å². The van der Waals surface area contributed by atoms with Gasteiger partial charge in [-0.25, -0.2) is 19.4 Å². The molecule has 4 heterocycles. The van der Waals surface area contributed by atoms with Gasteiger partial charge in [0.25, 0.3) is 0 Å². The average molecular weight is 520 g/mol. The molecule has 1 amide bonds. The first-order valence-corrected chi connectivity index (χ1v) is 11.9. The molecule has 13 heteroatoms. The minimum Gasteiger partial charge on any atom is -0.444 e. The number of anilines is 2. The molecule has 2 aliphatic heterocycles. The van der Waals surface area contributed by atoms with Crippen molar-refractivity contribution in [2.75, 3.05) is 36.9 Å². The molecule has 2 unspecified atom stereocenters. The maximum absolute atomic E-state index is 13.3. The average Bonchev–Trinajstić information content (AvgIpc) is 3.18. The quantitative estimate of drug-likeness (QED) is 0.524. The molecule has 37 heavy (non-hydrogen) atoms. The van der Waals surface area contributed by atoms with Gasteiger partial charge in [0.2, 0.25) is 0 Å². The van der Waals surface area contributed by atoms with Crippen molar-refractivity contribution in [2.45, 2.75) is 51.2 Å². The van der Waals surface area contributed by atoms with E-state index in [-0.39, 0.29) is 23.6 Å². The van der Waals surface area contributed by atoms with Crippen LogP contribution in [0.2, 0.25) is 0 Å². The number of nitrogens with two attached hydrogens (primary N) is 1. The second-order valence-electron chi connectivity index (χ2n) is 10.3. The Morgan fingerprint density at radius 3 is 2.35 bits per heavy atom. The maximum atomic E-state index is 13.3. The number of benzene rings is 1. The Bertz CT molecular complexity index is 1290. The van der Waals surface area contributed by atoms with E-state index in [4.69, 9.17) is 20.2 Å². The predicted octanol–water partition coefficient (Wildman–Crippen LogP) is 3.46. The van der Waals surface area contributed by atoms with Gasteiger partial charge in [-0.05, 0) is 45.0 Å². The first-order chi connectivity index (χ1) is 17.4. The minimum atomic E-state index is -4.48. The van der Waals surface area contributed by atoms with E-state index in [1.54, 1.807) is 49.9 Å². The maximum Gasteiger partial charge on any atom is 0.410 e. The Balaban J connectivity index is 1.57. The molecule has 0 radical (unpaired) electrons. The highest BCUT2D eigenvalue weighted by Gasteiger charge is 2.43. The third-order valence-electron chi connectivity index (χ3n) is 6.14. The number of aromatic nitrogens is 4. The van der Waals surface area contributed by atoms with Gasteiger partial charge in [0.1, 0.15) is 18.0 Å². The lowest BCUT2D eigenvalue weighted by molar-refractivity contribution is -0.141. The first kappa shape index (κ1) is 25.1. The number of ether oxygens (including phenoxy) is 2. The summed E-state index contributed by atoms with van der Waals surface area (Å²) in [5.41, 5.74) is 6.39. The van der Waals surface area contributed by atoms with Crippen molar-refractivity contribution in [1.29, 1.82) is 0 Å². The molecule has 0 saturated carbocycles. The van der Waals surface area contributed by atoms with E-state index < -0.39 is 24.4 Å². The van der Waals surface area contributed by atoms with Gasteiger partial charge in [0.15, 0.2) is 11.5 Å². The third-order valence-corrected chi connectivity index (χ3v) is 6.14. The number of hydrogen-bond donors (Lipinski definition) is 1. The number of nitrogens with zero attached hydrogens (tertiary/aromatic N) is 6. The highest BCUT2D eigenvalue weighted by Crippen LogP contribution is 2.35. The van der Waals surface area contributed by atoms with Gasteiger partial charge in [-0.1, -0.05) is 0 Å². The molecule has 0 aliphatic carbocycles. The van der Waals surface area contributed by atoms with E-state index in [2.05, 4.69) is 10.1 Å². The first-order valence-electron chi connectivity index (χ1n) is 11.9. The minimum absolute atomic E-state index is 0.0720. The zero-order valence-corrected chi connectivity index (χ0v) is 20.7. The van der Waals surface area contributed by atoms with Crippen LogP contribution in [0.5, 0.6) is 0 Å². The zero-order valence-electron chi connectivity index (χ0n) is 20.7. The molecule has 1 aromatic carbocycles. The molecular weight excluding hydrogens is 491 g/mol. The van der Waals surface area contributed by atoms with Gasteiger partial charge < -0.3 is 25.0 Å². The highest BCUT2D eigenvalue weighted by atomic mass is 19.4. The van der Waals surface area contributed by atoms with Gasteiger partial charge >= 0.3 is 12.3 Å². The fourth-order valence-corrected chi connectivity index (χ4v) is 4.67. The Morgan fingerprint density at radius 1 is 1.11 bits per heavy atom. The smallest absolute Gasteiger partial charge is 0.410 e. The Hall–Kier alpha value is -3.61. The lowest BCUT2D eigenvalue weighted by Gasteiger charge is -2.50. The Morgan fingerprint density at radius 2 is 1.76 bits per heavy atom. The Labute approximate surface area is 211 Å². The number of alkyl halides is 3. The number of halogens is 3. The molecule has 3 aromatic rings. The molecule has 0 spiro atoms. The van der Waals surface area contributed by atoms with Crippen LogP contribution >= 0.6 is 0 Å². The molecule has 198 valence electrons. The van der Waals surface area contributed by atoms with Crippen molar-refractivity contribution >= 4 is 28.6 Å². The molecule has 2 bridgehead atoms. The van der Waals surface area contributed by atoms with E-state index in [1.165, 1.54) is 6.20 Å². The van der Waals surface area contributed by atoms with Crippen molar-refractivity contribution in [3.63, 3.8) is 0 Å². The monoisotopic (exact) mass is 519 g/mol. The molecule has 5 rings (SSSR count). The standard InChI is InChI=1S/C24H28F3N7O3/c1-23(2,3)37-22(35)32-9-16-11-36-12-17(10-32)34(16)21-18-8-29-33(13-24(25,26)27)20(18)30-19(31-21)14-4-6-15(28)7-5-14/h4-8,16-17H,9-13,28H2,1-3H3. The van der Waals surface area contributed by atoms with Gasteiger partial charge in [-0.3, -0.25) is 0 Å². The van der Waals surface area contributed by atoms with Crippen LogP contribution in [0.25, 0.3) is 22.4 Å². The predicted molar refractivity (Wildman–Crippen MR) is 130 cm³/mol. The molecule has 2 aliphatic rings. The summed E-state index contributed by atoms with van der Waals surface area (Å²) >= 11 is 0. The second kappa shape index (κ2) is 9.05. The lowest BCUT2D eigenvalue weighted by Crippen LogP contribution is -2.66. The third kappa shape index (κ3) is 5.26. The topological polar surface area (TPSA) is 112 Å². The van der Waals surface area contributed by atoms with E-state index in [9.17, 15) is 18.0 Å². The number of nitrogen functional groups attached to an aromatic ring is 1. The molecule has 2 atom stereocenters. The fraction of sp³-hybridized carbons (Fsp3) is 0.500. The van der Waals surface area contributed by atoms with Gasteiger partial charge in [-0.15, -0.1) is 0 Å². The zero-order chi connectivity index (χ0) is 26.5. The molecule has 2 N–H and O–H groups in total. The highest BCUT2D eigenvalue weighted by molar-refractivity contribution is 5.89. The SMILES string of the molecule is CC(C)(C)OC(=O)N1CC2COCC(C1)N2c1nc(-c2ccc(N)cc2)nc2c1cnn2CC(F)(F)F. The van der Waals surface area contributed by atoms with Crippen molar-refractivity contribution in [1.82, 2.24) is 24.6 Å².